The number of nitrogens with zero attached hydrogens (tertiary/aromatic N) is 2. The van der Waals surface area contributed by atoms with Crippen molar-refractivity contribution in [3.63, 3.8) is 0 Å². The molecule has 0 spiro atoms. The Morgan fingerprint density at radius 3 is 2.67 bits per heavy atom. The Bertz CT molecular complexity index is 344. The summed E-state index contributed by atoms with van der Waals surface area (Å²) in [4.78, 5) is 13.7. The monoisotopic (exact) mass is 209 g/mol. The number of amides is 1. The van der Waals surface area contributed by atoms with Crippen LogP contribution < -0.4 is 5.32 Å². The van der Waals surface area contributed by atoms with Gasteiger partial charge in [0.1, 0.15) is 5.69 Å². The zero-order valence-electron chi connectivity index (χ0n) is 9.87. The molecule has 0 atom stereocenters. The first-order chi connectivity index (χ1) is 7.07. The molecule has 15 heavy (non-hydrogen) atoms. The van der Waals surface area contributed by atoms with Crippen molar-refractivity contribution in [2.24, 2.45) is 7.05 Å². The molecule has 1 aromatic rings. The van der Waals surface area contributed by atoms with E-state index in [1.54, 1.807) is 4.90 Å². The number of aromatic nitrogens is 1. The third-order valence-electron chi connectivity index (χ3n) is 2.64. The summed E-state index contributed by atoms with van der Waals surface area (Å²) in [5.74, 6) is 0.0702. The van der Waals surface area contributed by atoms with Crippen molar-refractivity contribution in [1.82, 2.24) is 14.8 Å². The van der Waals surface area contributed by atoms with Gasteiger partial charge in [-0.2, -0.15) is 0 Å². The summed E-state index contributed by atoms with van der Waals surface area (Å²) in [5.41, 5.74) is 1.84. The van der Waals surface area contributed by atoms with E-state index >= 15 is 0 Å². The number of nitrogens with one attached hydrogen (secondary N) is 1. The Kier molecular flexibility index (Phi) is 3.91. The molecule has 0 saturated heterocycles. The molecule has 1 heterocycles. The van der Waals surface area contributed by atoms with Crippen molar-refractivity contribution in [2.75, 3.05) is 27.2 Å². The summed E-state index contributed by atoms with van der Waals surface area (Å²) in [6, 6.07) is 3.83. The van der Waals surface area contributed by atoms with Gasteiger partial charge in [-0.05, 0) is 26.1 Å². The van der Waals surface area contributed by atoms with E-state index in [1.807, 2.05) is 44.8 Å². The number of rotatable bonds is 4. The van der Waals surface area contributed by atoms with Gasteiger partial charge < -0.3 is 14.8 Å². The minimum atomic E-state index is 0.0702. The van der Waals surface area contributed by atoms with Gasteiger partial charge in [-0.15, -0.1) is 0 Å². The van der Waals surface area contributed by atoms with Crippen molar-refractivity contribution in [1.29, 1.82) is 0 Å². The average molecular weight is 209 g/mol. The van der Waals surface area contributed by atoms with Crippen LogP contribution in [0.1, 0.15) is 16.2 Å². The number of aryl methyl sites for hydroxylation is 1. The number of hydrogen-bond donors (Lipinski definition) is 1. The fraction of sp³-hybridized carbons (Fsp3) is 0.545. The van der Waals surface area contributed by atoms with E-state index in [0.29, 0.717) is 0 Å². The Labute approximate surface area is 90.9 Å². The molecule has 84 valence electrons. The third kappa shape index (κ3) is 2.59. The van der Waals surface area contributed by atoms with Crippen LogP contribution in [0.15, 0.2) is 12.1 Å². The molecular weight excluding hydrogens is 190 g/mol. The lowest BCUT2D eigenvalue weighted by Gasteiger charge is -2.17. The van der Waals surface area contributed by atoms with E-state index in [9.17, 15) is 4.79 Å². The topological polar surface area (TPSA) is 37.3 Å². The first-order valence-corrected chi connectivity index (χ1v) is 5.10. The molecule has 0 fully saturated rings. The summed E-state index contributed by atoms with van der Waals surface area (Å²) >= 11 is 0. The average Bonchev–Trinajstić information content (AvgIpc) is 2.55. The molecule has 1 N–H and O–H groups in total. The van der Waals surface area contributed by atoms with Crippen LogP contribution in [0.5, 0.6) is 0 Å². The highest BCUT2D eigenvalue weighted by Crippen LogP contribution is 2.07. The Balaban J connectivity index is 2.72. The summed E-state index contributed by atoms with van der Waals surface area (Å²) in [5, 5.41) is 3.02. The highest BCUT2D eigenvalue weighted by molar-refractivity contribution is 5.92. The standard InChI is InChI=1S/C11H19N3O/c1-9-5-6-10(14(9)4)11(15)13(3)8-7-12-2/h5-6,12H,7-8H2,1-4H3. The van der Waals surface area contributed by atoms with Crippen LogP contribution in [0.4, 0.5) is 0 Å². The van der Waals surface area contributed by atoms with E-state index in [2.05, 4.69) is 5.32 Å². The summed E-state index contributed by atoms with van der Waals surface area (Å²) < 4.78 is 1.91. The molecule has 0 aliphatic carbocycles. The van der Waals surface area contributed by atoms with Gasteiger partial charge in [0.05, 0.1) is 0 Å². The lowest BCUT2D eigenvalue weighted by Crippen LogP contribution is -2.33. The van der Waals surface area contributed by atoms with Gasteiger partial charge in [0.2, 0.25) is 0 Å². The van der Waals surface area contributed by atoms with Crippen LogP contribution in [-0.4, -0.2) is 42.6 Å². The fourth-order valence-electron chi connectivity index (χ4n) is 1.40. The number of hydrogen-bond acceptors (Lipinski definition) is 2. The molecule has 0 saturated carbocycles. The highest BCUT2D eigenvalue weighted by Gasteiger charge is 2.14. The maximum absolute atomic E-state index is 12.0. The number of carbonyl (C=O) groups excluding carboxylic acids is 1. The minimum absolute atomic E-state index is 0.0702. The van der Waals surface area contributed by atoms with Crippen LogP contribution in [0.3, 0.4) is 0 Å². The van der Waals surface area contributed by atoms with Gasteiger partial charge in [-0.3, -0.25) is 4.79 Å². The van der Waals surface area contributed by atoms with Crippen LogP contribution in [0, 0.1) is 6.92 Å². The molecule has 4 heteroatoms. The van der Waals surface area contributed by atoms with Gasteiger partial charge in [-0.1, -0.05) is 0 Å². The maximum Gasteiger partial charge on any atom is 0.270 e. The minimum Gasteiger partial charge on any atom is -0.344 e. The van der Waals surface area contributed by atoms with Crippen molar-refractivity contribution in [2.45, 2.75) is 6.92 Å². The van der Waals surface area contributed by atoms with E-state index in [0.717, 1.165) is 24.5 Å². The number of likely N-dealkylation sites (N-methyl/N-ethyl adjacent to an activating group) is 2. The second kappa shape index (κ2) is 4.98. The summed E-state index contributed by atoms with van der Waals surface area (Å²) in [6.45, 7) is 3.52. The van der Waals surface area contributed by atoms with E-state index in [4.69, 9.17) is 0 Å². The SMILES string of the molecule is CNCCN(C)C(=O)c1ccc(C)n1C. The Hall–Kier alpha value is -1.29. The number of carbonyl (C=O) groups is 1. The van der Waals surface area contributed by atoms with Crippen molar-refractivity contribution in [3.05, 3.63) is 23.5 Å². The lowest BCUT2D eigenvalue weighted by atomic mass is 10.3. The van der Waals surface area contributed by atoms with Gasteiger partial charge in [-0.25, -0.2) is 0 Å². The molecule has 0 aliphatic rings. The first-order valence-electron chi connectivity index (χ1n) is 5.10. The van der Waals surface area contributed by atoms with E-state index in [-0.39, 0.29) is 5.91 Å². The zero-order valence-corrected chi connectivity index (χ0v) is 9.87. The van der Waals surface area contributed by atoms with E-state index < -0.39 is 0 Å². The molecule has 1 rings (SSSR count). The summed E-state index contributed by atoms with van der Waals surface area (Å²) in [6.07, 6.45) is 0. The third-order valence-corrected chi connectivity index (χ3v) is 2.64. The largest absolute Gasteiger partial charge is 0.344 e. The molecule has 0 unspecified atom stereocenters. The first kappa shape index (κ1) is 11.8. The maximum atomic E-state index is 12.0. The van der Waals surface area contributed by atoms with Gasteiger partial charge in [0.15, 0.2) is 0 Å². The molecule has 0 aliphatic heterocycles. The van der Waals surface area contributed by atoms with Gasteiger partial charge in [0, 0.05) is 32.9 Å². The Morgan fingerprint density at radius 2 is 2.20 bits per heavy atom. The second-order valence-corrected chi connectivity index (χ2v) is 3.75. The van der Waals surface area contributed by atoms with Crippen molar-refractivity contribution >= 4 is 5.91 Å². The van der Waals surface area contributed by atoms with Crippen LogP contribution in [0.2, 0.25) is 0 Å². The molecular formula is C11H19N3O. The molecule has 0 radical (unpaired) electrons. The normalized spacial score (nSPS) is 10.4. The molecule has 1 amide bonds. The fourth-order valence-corrected chi connectivity index (χ4v) is 1.40. The lowest BCUT2D eigenvalue weighted by molar-refractivity contribution is 0.0787. The molecule has 4 nitrogen and oxygen atoms in total. The van der Waals surface area contributed by atoms with E-state index in [1.165, 1.54) is 0 Å². The molecule has 0 bridgehead atoms. The van der Waals surface area contributed by atoms with Crippen LogP contribution in [-0.2, 0) is 7.05 Å². The second-order valence-electron chi connectivity index (χ2n) is 3.75. The van der Waals surface area contributed by atoms with Gasteiger partial charge in [0.25, 0.3) is 5.91 Å². The van der Waals surface area contributed by atoms with Crippen molar-refractivity contribution < 1.29 is 4.79 Å². The van der Waals surface area contributed by atoms with Gasteiger partial charge >= 0.3 is 0 Å². The van der Waals surface area contributed by atoms with Crippen LogP contribution >= 0.6 is 0 Å². The smallest absolute Gasteiger partial charge is 0.270 e. The Morgan fingerprint density at radius 1 is 1.53 bits per heavy atom. The summed E-state index contributed by atoms with van der Waals surface area (Å²) in [7, 11) is 5.61. The predicted molar refractivity (Wildman–Crippen MR) is 61.0 cm³/mol. The van der Waals surface area contributed by atoms with Crippen LogP contribution in [0.25, 0.3) is 0 Å². The predicted octanol–water partition coefficient (Wildman–Crippen LogP) is 0.625. The van der Waals surface area contributed by atoms with Crippen molar-refractivity contribution in [3.8, 4) is 0 Å². The zero-order chi connectivity index (χ0) is 11.4. The highest BCUT2D eigenvalue weighted by atomic mass is 16.2. The quantitative estimate of drug-likeness (QED) is 0.789. The molecule has 1 aromatic heterocycles. The molecule has 0 aromatic carbocycles.